The van der Waals surface area contributed by atoms with Crippen molar-refractivity contribution in [2.24, 2.45) is 0 Å². The van der Waals surface area contributed by atoms with Crippen LogP contribution in [0.4, 0.5) is 4.39 Å². The molecule has 0 spiro atoms. The number of hydrogen-bond donors (Lipinski definition) is 1. The van der Waals surface area contributed by atoms with Crippen molar-refractivity contribution in [2.75, 3.05) is 6.54 Å². The Morgan fingerprint density at radius 2 is 1.86 bits per heavy atom. The van der Waals surface area contributed by atoms with Gasteiger partial charge < -0.3 is 5.32 Å². The summed E-state index contributed by atoms with van der Waals surface area (Å²) < 4.78 is 13.0. The number of aryl methyl sites for hydroxylation is 2. The molecule has 3 nitrogen and oxygen atoms in total. The van der Waals surface area contributed by atoms with Gasteiger partial charge >= 0.3 is 0 Å². The zero-order valence-corrected chi connectivity index (χ0v) is 12.9. The van der Waals surface area contributed by atoms with Crippen LogP contribution in [0.5, 0.6) is 0 Å². The molecule has 0 aliphatic carbocycles. The summed E-state index contributed by atoms with van der Waals surface area (Å²) in [4.78, 5) is 0. The molecule has 1 aromatic carbocycles. The molecule has 0 fully saturated rings. The van der Waals surface area contributed by atoms with Crippen molar-refractivity contribution >= 4 is 0 Å². The van der Waals surface area contributed by atoms with Gasteiger partial charge in [-0.15, -0.1) is 0 Å². The summed E-state index contributed by atoms with van der Waals surface area (Å²) in [6.07, 6.45) is 1.88. The van der Waals surface area contributed by atoms with Gasteiger partial charge in [0.25, 0.3) is 0 Å². The second-order valence-corrected chi connectivity index (χ2v) is 5.36. The predicted octanol–water partition coefficient (Wildman–Crippen LogP) is 3.52. The van der Waals surface area contributed by atoms with Gasteiger partial charge in [0.15, 0.2) is 0 Å². The summed E-state index contributed by atoms with van der Waals surface area (Å²) in [7, 11) is 0. The molecule has 1 heterocycles. The number of nitrogens with zero attached hydrogens (tertiary/aromatic N) is 2. The van der Waals surface area contributed by atoms with Crippen molar-refractivity contribution in [3.05, 3.63) is 58.7 Å². The molecule has 1 N–H and O–H groups in total. The van der Waals surface area contributed by atoms with E-state index in [4.69, 9.17) is 0 Å². The number of benzene rings is 1. The van der Waals surface area contributed by atoms with Crippen molar-refractivity contribution in [3.8, 4) is 0 Å². The molecule has 0 amide bonds. The molecule has 0 bridgehead atoms. The average Bonchev–Trinajstić information content (AvgIpc) is 2.48. The minimum atomic E-state index is -0.200. The Labute approximate surface area is 125 Å². The minimum Gasteiger partial charge on any atom is -0.310 e. The Balaban J connectivity index is 2.25. The standard InChI is InChI=1S/C17H22FN3/c1-4-9-19-17(11-14-5-7-15(18)8-6-14)16-10-12(2)20-21-13(16)3/h5-8,10,17,19H,4,9,11H2,1-3H3. The molecule has 1 unspecified atom stereocenters. The summed E-state index contributed by atoms with van der Waals surface area (Å²) in [5, 5.41) is 11.9. The Hall–Kier alpha value is -1.81. The van der Waals surface area contributed by atoms with Crippen molar-refractivity contribution in [1.82, 2.24) is 15.5 Å². The van der Waals surface area contributed by atoms with E-state index in [1.807, 2.05) is 26.0 Å². The molecule has 0 aliphatic rings. The third-order valence-electron chi connectivity index (χ3n) is 3.51. The highest BCUT2D eigenvalue weighted by atomic mass is 19.1. The quantitative estimate of drug-likeness (QED) is 0.883. The first-order valence-corrected chi connectivity index (χ1v) is 7.38. The number of rotatable bonds is 6. The van der Waals surface area contributed by atoms with Crippen molar-refractivity contribution in [2.45, 2.75) is 39.7 Å². The van der Waals surface area contributed by atoms with E-state index in [1.165, 1.54) is 17.7 Å². The maximum Gasteiger partial charge on any atom is 0.123 e. The number of nitrogens with one attached hydrogen (secondary N) is 1. The molecule has 1 atom stereocenters. The summed E-state index contributed by atoms with van der Waals surface area (Å²) in [5.41, 5.74) is 4.13. The van der Waals surface area contributed by atoms with Gasteiger partial charge in [-0.3, -0.25) is 0 Å². The van der Waals surface area contributed by atoms with Crippen molar-refractivity contribution in [3.63, 3.8) is 0 Å². The second kappa shape index (κ2) is 7.27. The van der Waals surface area contributed by atoms with E-state index in [-0.39, 0.29) is 11.9 Å². The van der Waals surface area contributed by atoms with E-state index in [1.54, 1.807) is 0 Å². The monoisotopic (exact) mass is 287 g/mol. The lowest BCUT2D eigenvalue weighted by atomic mass is 9.97. The van der Waals surface area contributed by atoms with Crippen LogP contribution in [0.3, 0.4) is 0 Å². The maximum atomic E-state index is 13.0. The van der Waals surface area contributed by atoms with Gasteiger partial charge in [0.05, 0.1) is 11.4 Å². The first-order chi connectivity index (χ1) is 10.1. The van der Waals surface area contributed by atoms with E-state index in [9.17, 15) is 4.39 Å². The van der Waals surface area contributed by atoms with Crippen LogP contribution in [0.15, 0.2) is 30.3 Å². The van der Waals surface area contributed by atoms with Gasteiger partial charge in [0, 0.05) is 6.04 Å². The predicted molar refractivity (Wildman–Crippen MR) is 82.6 cm³/mol. The largest absolute Gasteiger partial charge is 0.310 e. The van der Waals surface area contributed by atoms with Crippen LogP contribution in [0.1, 0.15) is 41.9 Å². The van der Waals surface area contributed by atoms with E-state index in [2.05, 4.69) is 28.5 Å². The molecule has 0 saturated carbocycles. The Kier molecular flexibility index (Phi) is 5.39. The molecule has 112 valence electrons. The van der Waals surface area contributed by atoms with E-state index < -0.39 is 0 Å². The van der Waals surface area contributed by atoms with Gasteiger partial charge in [-0.2, -0.15) is 10.2 Å². The Morgan fingerprint density at radius 3 is 2.52 bits per heavy atom. The fourth-order valence-electron chi connectivity index (χ4n) is 2.39. The van der Waals surface area contributed by atoms with E-state index >= 15 is 0 Å². The average molecular weight is 287 g/mol. The summed E-state index contributed by atoms with van der Waals surface area (Å²) in [5.74, 6) is -0.200. The molecule has 2 aromatic rings. The lowest BCUT2D eigenvalue weighted by molar-refractivity contribution is 0.522. The molecule has 0 radical (unpaired) electrons. The summed E-state index contributed by atoms with van der Waals surface area (Å²) >= 11 is 0. The van der Waals surface area contributed by atoms with Crippen LogP contribution in [-0.2, 0) is 6.42 Å². The van der Waals surface area contributed by atoms with Crippen molar-refractivity contribution < 1.29 is 4.39 Å². The van der Waals surface area contributed by atoms with E-state index in [0.717, 1.165) is 36.3 Å². The van der Waals surface area contributed by atoms with Crippen LogP contribution >= 0.6 is 0 Å². The molecular formula is C17H22FN3. The minimum absolute atomic E-state index is 0.171. The molecule has 0 aliphatic heterocycles. The molecule has 21 heavy (non-hydrogen) atoms. The second-order valence-electron chi connectivity index (χ2n) is 5.36. The zero-order chi connectivity index (χ0) is 15.2. The summed E-state index contributed by atoms with van der Waals surface area (Å²) in [6.45, 7) is 7.01. The molecular weight excluding hydrogens is 265 g/mol. The normalized spacial score (nSPS) is 12.4. The molecule has 2 rings (SSSR count). The highest BCUT2D eigenvalue weighted by Crippen LogP contribution is 2.21. The van der Waals surface area contributed by atoms with Crippen LogP contribution in [0.2, 0.25) is 0 Å². The van der Waals surface area contributed by atoms with E-state index in [0.29, 0.717) is 0 Å². The Morgan fingerprint density at radius 1 is 1.14 bits per heavy atom. The first kappa shape index (κ1) is 15.6. The highest BCUT2D eigenvalue weighted by Gasteiger charge is 2.15. The van der Waals surface area contributed by atoms with Crippen molar-refractivity contribution in [1.29, 1.82) is 0 Å². The van der Waals surface area contributed by atoms with Gasteiger partial charge in [0.2, 0.25) is 0 Å². The van der Waals surface area contributed by atoms with Crippen LogP contribution in [-0.4, -0.2) is 16.7 Å². The van der Waals surface area contributed by atoms with Gasteiger partial charge in [-0.25, -0.2) is 4.39 Å². The Bertz CT molecular complexity index is 581. The summed E-state index contributed by atoms with van der Waals surface area (Å²) in [6, 6.07) is 8.95. The van der Waals surface area contributed by atoms with Crippen LogP contribution in [0.25, 0.3) is 0 Å². The van der Waals surface area contributed by atoms with Crippen LogP contribution in [0, 0.1) is 19.7 Å². The number of hydrogen-bond acceptors (Lipinski definition) is 3. The fraction of sp³-hybridized carbons (Fsp3) is 0.412. The third-order valence-corrected chi connectivity index (χ3v) is 3.51. The van der Waals surface area contributed by atoms with Crippen LogP contribution < -0.4 is 5.32 Å². The highest BCUT2D eigenvalue weighted by molar-refractivity contribution is 5.27. The molecule has 4 heteroatoms. The smallest absolute Gasteiger partial charge is 0.123 e. The lowest BCUT2D eigenvalue weighted by Gasteiger charge is -2.20. The zero-order valence-electron chi connectivity index (χ0n) is 12.9. The molecule has 1 aromatic heterocycles. The van der Waals surface area contributed by atoms with Gasteiger partial charge in [-0.1, -0.05) is 19.1 Å². The van der Waals surface area contributed by atoms with Gasteiger partial charge in [0.1, 0.15) is 5.82 Å². The van der Waals surface area contributed by atoms with Gasteiger partial charge in [-0.05, 0) is 62.6 Å². The first-order valence-electron chi connectivity index (χ1n) is 7.38. The fourth-order valence-corrected chi connectivity index (χ4v) is 2.39. The number of aromatic nitrogens is 2. The number of halogens is 1. The maximum absolute atomic E-state index is 13.0. The lowest BCUT2D eigenvalue weighted by Crippen LogP contribution is -2.25. The third kappa shape index (κ3) is 4.33. The topological polar surface area (TPSA) is 37.8 Å². The SMILES string of the molecule is CCCNC(Cc1ccc(F)cc1)c1cc(C)nnc1C. The molecule has 0 saturated heterocycles.